The quantitative estimate of drug-likeness (QED) is 0.771. The summed E-state index contributed by atoms with van der Waals surface area (Å²) in [4.78, 5) is 9.25. The first-order valence-corrected chi connectivity index (χ1v) is 6.38. The highest BCUT2D eigenvalue weighted by molar-refractivity contribution is 7.16. The molecule has 0 aromatic carbocycles. The molecule has 2 rings (SSSR count). The number of rotatable bonds is 4. The van der Waals surface area contributed by atoms with Gasteiger partial charge in [0.1, 0.15) is 10.6 Å². The Morgan fingerprint density at radius 3 is 2.94 bits per heavy atom. The van der Waals surface area contributed by atoms with Gasteiger partial charge in [0.15, 0.2) is 0 Å². The molecule has 0 aliphatic heterocycles. The number of aliphatic hydroxyl groups excluding tert-OH is 1. The summed E-state index contributed by atoms with van der Waals surface area (Å²) in [5.74, 6) is 1.16. The second kappa shape index (κ2) is 4.85. The zero-order valence-electron chi connectivity index (χ0n) is 9.84. The van der Waals surface area contributed by atoms with E-state index >= 15 is 0 Å². The van der Waals surface area contributed by atoms with Gasteiger partial charge in [-0.05, 0) is 24.3 Å². The number of nitrogen functional groups attached to an aromatic ring is 1. The van der Waals surface area contributed by atoms with Crippen molar-refractivity contribution in [1.82, 2.24) is 9.97 Å². The monoisotopic (exact) mass is 252 g/mol. The van der Waals surface area contributed by atoms with Gasteiger partial charge in [0, 0.05) is 12.6 Å². The highest BCUT2D eigenvalue weighted by Gasteiger charge is 2.14. The number of hydrogen-bond acceptors (Lipinski definition) is 6. The van der Waals surface area contributed by atoms with Gasteiger partial charge in [-0.15, -0.1) is 11.3 Å². The van der Waals surface area contributed by atoms with Gasteiger partial charge in [-0.1, -0.05) is 6.92 Å². The average Bonchev–Trinajstić information content (AvgIpc) is 2.75. The normalized spacial score (nSPS) is 14.8. The van der Waals surface area contributed by atoms with Gasteiger partial charge in [0.05, 0.1) is 5.39 Å². The lowest BCUT2D eigenvalue weighted by atomic mass is 10.1. The van der Waals surface area contributed by atoms with Crippen molar-refractivity contribution in [2.24, 2.45) is 5.92 Å². The van der Waals surface area contributed by atoms with E-state index in [-0.39, 0.29) is 24.5 Å². The summed E-state index contributed by atoms with van der Waals surface area (Å²) in [6, 6.07) is 2.09. The van der Waals surface area contributed by atoms with Crippen LogP contribution in [0.25, 0.3) is 10.2 Å². The van der Waals surface area contributed by atoms with Crippen LogP contribution in [0.4, 0.5) is 11.8 Å². The Morgan fingerprint density at radius 1 is 1.47 bits per heavy atom. The van der Waals surface area contributed by atoms with Crippen molar-refractivity contribution in [3.8, 4) is 0 Å². The highest BCUT2D eigenvalue weighted by atomic mass is 32.1. The fourth-order valence-corrected chi connectivity index (χ4v) is 2.27. The summed E-state index contributed by atoms with van der Waals surface area (Å²) < 4.78 is 0. The Kier molecular flexibility index (Phi) is 3.44. The molecule has 0 aliphatic carbocycles. The predicted octanol–water partition coefficient (Wildman–Crippen LogP) is 1.70. The van der Waals surface area contributed by atoms with Crippen molar-refractivity contribution in [3.63, 3.8) is 0 Å². The molecule has 0 radical (unpaired) electrons. The number of nitrogens with two attached hydrogens (primary N) is 1. The van der Waals surface area contributed by atoms with Crippen molar-refractivity contribution in [1.29, 1.82) is 0 Å². The van der Waals surface area contributed by atoms with E-state index in [9.17, 15) is 0 Å². The summed E-state index contributed by atoms with van der Waals surface area (Å²) >= 11 is 1.54. The van der Waals surface area contributed by atoms with Gasteiger partial charge in [-0.3, -0.25) is 0 Å². The topological polar surface area (TPSA) is 84.1 Å². The van der Waals surface area contributed by atoms with Crippen molar-refractivity contribution in [3.05, 3.63) is 11.4 Å². The van der Waals surface area contributed by atoms with Crippen LogP contribution < -0.4 is 11.1 Å². The van der Waals surface area contributed by atoms with E-state index in [0.29, 0.717) is 0 Å². The second-order valence-corrected chi connectivity index (χ2v) is 5.06. The first-order valence-electron chi connectivity index (χ1n) is 5.50. The third kappa shape index (κ3) is 2.48. The first-order chi connectivity index (χ1) is 8.11. The molecule has 5 nitrogen and oxygen atoms in total. The molecule has 92 valence electrons. The average molecular weight is 252 g/mol. The molecule has 17 heavy (non-hydrogen) atoms. The molecule has 6 heteroatoms. The third-order valence-electron chi connectivity index (χ3n) is 2.85. The maximum atomic E-state index is 9.12. The number of thiophene rings is 1. The van der Waals surface area contributed by atoms with E-state index in [2.05, 4.69) is 15.3 Å². The fourth-order valence-electron chi connectivity index (χ4n) is 1.50. The van der Waals surface area contributed by atoms with Crippen LogP contribution >= 0.6 is 11.3 Å². The minimum absolute atomic E-state index is 0.123. The molecule has 4 N–H and O–H groups in total. The molecule has 0 fully saturated rings. The van der Waals surface area contributed by atoms with E-state index in [1.807, 2.05) is 25.3 Å². The minimum atomic E-state index is 0.123. The minimum Gasteiger partial charge on any atom is -0.396 e. The van der Waals surface area contributed by atoms with Crippen molar-refractivity contribution < 1.29 is 5.11 Å². The summed E-state index contributed by atoms with van der Waals surface area (Å²) in [7, 11) is 0. The Balaban J connectivity index is 2.31. The van der Waals surface area contributed by atoms with Crippen molar-refractivity contribution >= 4 is 33.3 Å². The molecule has 0 aliphatic rings. The smallest absolute Gasteiger partial charge is 0.223 e. The van der Waals surface area contributed by atoms with E-state index < -0.39 is 0 Å². The number of aliphatic hydroxyl groups is 1. The molecule has 0 saturated carbocycles. The van der Waals surface area contributed by atoms with E-state index in [4.69, 9.17) is 10.8 Å². The zero-order chi connectivity index (χ0) is 12.4. The molecule has 2 unspecified atom stereocenters. The third-order valence-corrected chi connectivity index (χ3v) is 3.65. The van der Waals surface area contributed by atoms with Crippen LogP contribution in [0.2, 0.25) is 0 Å². The molecular weight excluding hydrogens is 236 g/mol. The molecule has 2 heterocycles. The number of hydrogen-bond donors (Lipinski definition) is 3. The van der Waals surface area contributed by atoms with Crippen LogP contribution in [0.5, 0.6) is 0 Å². The lowest BCUT2D eigenvalue weighted by molar-refractivity contribution is 0.226. The molecule has 2 atom stereocenters. The zero-order valence-corrected chi connectivity index (χ0v) is 10.7. The van der Waals surface area contributed by atoms with Crippen molar-refractivity contribution in [2.45, 2.75) is 19.9 Å². The standard InChI is InChI=1S/C11H16N4OS/c1-6(5-16)7(2)13-9-8-3-4-17-10(8)15-11(12)14-9/h3-4,6-7,16H,5H2,1-2H3,(H3,12,13,14,15). The Labute approximate surface area is 104 Å². The Morgan fingerprint density at radius 2 is 2.24 bits per heavy atom. The molecular formula is C11H16N4OS. The van der Waals surface area contributed by atoms with Crippen LogP contribution in [-0.4, -0.2) is 27.7 Å². The first kappa shape index (κ1) is 12.1. The van der Waals surface area contributed by atoms with Crippen LogP contribution in [0.3, 0.4) is 0 Å². The second-order valence-electron chi connectivity index (χ2n) is 4.16. The predicted molar refractivity (Wildman–Crippen MR) is 71.2 cm³/mol. The number of anilines is 2. The SMILES string of the molecule is CC(CO)C(C)Nc1nc(N)nc2sccc12. The van der Waals surface area contributed by atoms with Gasteiger partial charge in [0.25, 0.3) is 0 Å². The molecule has 0 saturated heterocycles. The van der Waals surface area contributed by atoms with E-state index in [1.165, 1.54) is 11.3 Å². The Bertz CT molecular complexity index is 513. The van der Waals surface area contributed by atoms with Crippen LogP contribution in [-0.2, 0) is 0 Å². The lowest BCUT2D eigenvalue weighted by Crippen LogP contribution is -2.26. The fraction of sp³-hybridized carbons (Fsp3) is 0.455. The summed E-state index contributed by atoms with van der Waals surface area (Å²) in [6.07, 6.45) is 0. The van der Waals surface area contributed by atoms with Gasteiger partial charge in [0.2, 0.25) is 5.95 Å². The summed E-state index contributed by atoms with van der Waals surface area (Å²) in [6.45, 7) is 4.13. The van der Waals surface area contributed by atoms with Gasteiger partial charge < -0.3 is 16.2 Å². The Hall–Kier alpha value is -1.40. The van der Waals surface area contributed by atoms with Gasteiger partial charge in [-0.25, -0.2) is 4.98 Å². The maximum absolute atomic E-state index is 9.12. The molecule has 0 spiro atoms. The number of nitrogens with one attached hydrogen (secondary N) is 1. The number of fused-ring (bicyclic) bond motifs is 1. The largest absolute Gasteiger partial charge is 0.396 e. The lowest BCUT2D eigenvalue weighted by Gasteiger charge is -2.20. The van der Waals surface area contributed by atoms with Crippen LogP contribution in [0.15, 0.2) is 11.4 Å². The summed E-state index contributed by atoms with van der Waals surface area (Å²) in [5, 5.41) is 15.3. The van der Waals surface area contributed by atoms with Gasteiger partial charge in [-0.2, -0.15) is 4.98 Å². The van der Waals surface area contributed by atoms with E-state index in [1.54, 1.807) is 0 Å². The van der Waals surface area contributed by atoms with Gasteiger partial charge >= 0.3 is 0 Å². The number of nitrogens with zero attached hydrogens (tertiary/aromatic N) is 2. The summed E-state index contributed by atoms with van der Waals surface area (Å²) in [5.41, 5.74) is 5.66. The molecule has 0 amide bonds. The van der Waals surface area contributed by atoms with E-state index in [0.717, 1.165) is 16.0 Å². The maximum Gasteiger partial charge on any atom is 0.223 e. The molecule has 2 aromatic rings. The molecule has 2 aromatic heterocycles. The number of aromatic nitrogens is 2. The van der Waals surface area contributed by atoms with Crippen LogP contribution in [0, 0.1) is 5.92 Å². The van der Waals surface area contributed by atoms with Crippen LogP contribution in [0.1, 0.15) is 13.8 Å². The highest BCUT2D eigenvalue weighted by Crippen LogP contribution is 2.26. The van der Waals surface area contributed by atoms with Crippen molar-refractivity contribution in [2.75, 3.05) is 17.7 Å². The molecule has 0 bridgehead atoms.